The van der Waals surface area contributed by atoms with Crippen molar-refractivity contribution in [3.63, 3.8) is 0 Å². The Labute approximate surface area is 376 Å². The Balaban J connectivity index is 2.56. The van der Waals surface area contributed by atoms with Crippen LogP contribution >= 0.6 is 7.14 Å². The molecule has 2 aliphatic rings. The standard InChI is InChI=1S/C46H77F6O8PSi2/c1-33-23-25-56-37(27-33)20-21-41(60-63(12,13)44(7,8)9)40(58-42(54)30-61(55,31-45(47,48)49)32-46(50,51)52)19-15-18-39(59-62(10,11)43(4,5)6)29-35(3)26-34(2)28-38-17-14-16-36(57-38)22-24-53/h14-16,18,20-21,23,34,36-41,53H,3,17,19,22,24-32H2,1-2,4-13H3. The van der Waals surface area contributed by atoms with Crippen LogP contribution in [0.5, 0.6) is 0 Å². The normalized spacial score (nSPS) is 22.0. The number of hydrogen-bond donors (Lipinski definition) is 1. The maximum absolute atomic E-state index is 13.6. The molecule has 0 fully saturated rings. The fraction of sp³-hybridized carbons (Fsp3) is 0.761. The second-order valence-electron chi connectivity index (χ2n) is 20.7. The van der Waals surface area contributed by atoms with Crippen molar-refractivity contribution in [2.75, 3.05) is 31.7 Å². The Hall–Kier alpha value is -1.79. The second-order valence-corrected chi connectivity index (χ2v) is 33.3. The molecule has 7 unspecified atom stereocenters. The number of esters is 1. The van der Waals surface area contributed by atoms with E-state index < -0.39 is 78.9 Å². The van der Waals surface area contributed by atoms with Crippen LogP contribution in [0.3, 0.4) is 0 Å². The first-order valence-electron chi connectivity index (χ1n) is 22.1. The van der Waals surface area contributed by atoms with E-state index in [4.69, 9.17) is 23.1 Å². The molecule has 0 amide bonds. The van der Waals surface area contributed by atoms with E-state index in [0.29, 0.717) is 32.3 Å². The highest BCUT2D eigenvalue weighted by Gasteiger charge is 2.48. The molecule has 2 rings (SSSR count). The number of aliphatic hydroxyl groups excluding tert-OH is 1. The molecule has 0 bridgehead atoms. The number of halogens is 6. The van der Waals surface area contributed by atoms with Gasteiger partial charge >= 0.3 is 18.3 Å². The molecule has 0 aromatic heterocycles. The highest BCUT2D eigenvalue weighted by Crippen LogP contribution is 2.53. The summed E-state index contributed by atoms with van der Waals surface area (Å²) < 4.78 is 126. The summed E-state index contributed by atoms with van der Waals surface area (Å²) in [6.45, 7) is 29.5. The Morgan fingerprint density at radius 1 is 0.968 bits per heavy atom. The summed E-state index contributed by atoms with van der Waals surface area (Å²) in [6, 6.07) is 0. The predicted octanol–water partition coefficient (Wildman–Crippen LogP) is 12.9. The van der Waals surface area contributed by atoms with Gasteiger partial charge in [0.1, 0.15) is 19.3 Å². The van der Waals surface area contributed by atoms with Gasteiger partial charge in [0.05, 0.1) is 49.5 Å². The summed E-state index contributed by atoms with van der Waals surface area (Å²) in [6.07, 6.45) is -2.69. The van der Waals surface area contributed by atoms with Gasteiger partial charge in [-0.15, -0.1) is 0 Å². The van der Waals surface area contributed by atoms with Crippen molar-refractivity contribution < 1.29 is 63.9 Å². The highest BCUT2D eigenvalue weighted by molar-refractivity contribution is 7.65. The van der Waals surface area contributed by atoms with Crippen LogP contribution in [-0.4, -0.2) is 108 Å². The lowest BCUT2D eigenvalue weighted by molar-refractivity contribution is -0.149. The van der Waals surface area contributed by atoms with E-state index in [9.17, 15) is 40.8 Å². The topological polar surface area (TPSA) is 101 Å². The van der Waals surface area contributed by atoms with E-state index in [1.807, 2.05) is 59.0 Å². The number of carbonyl (C=O) groups is 1. The molecule has 0 aliphatic carbocycles. The van der Waals surface area contributed by atoms with Crippen LogP contribution in [0.25, 0.3) is 0 Å². The minimum absolute atomic E-state index is 0.0182. The Morgan fingerprint density at radius 3 is 2.10 bits per heavy atom. The smallest absolute Gasteiger partial charge is 0.395 e. The molecule has 0 radical (unpaired) electrons. The van der Waals surface area contributed by atoms with Gasteiger partial charge in [-0.25, -0.2) is 0 Å². The lowest BCUT2D eigenvalue weighted by Crippen LogP contribution is -2.47. The summed E-state index contributed by atoms with van der Waals surface area (Å²) in [4.78, 5) is 13.6. The zero-order valence-corrected chi connectivity index (χ0v) is 42.7. The molecule has 1 N–H and O–H groups in total. The van der Waals surface area contributed by atoms with Gasteiger partial charge in [0, 0.05) is 19.4 Å². The van der Waals surface area contributed by atoms with Gasteiger partial charge in [-0.3, -0.25) is 4.79 Å². The van der Waals surface area contributed by atoms with E-state index in [-0.39, 0.29) is 47.3 Å². The molecule has 0 spiro atoms. The molecule has 17 heteroatoms. The summed E-state index contributed by atoms with van der Waals surface area (Å²) in [5.41, 5.74) is 2.05. The molecule has 0 saturated heterocycles. The monoisotopic (exact) mass is 958 g/mol. The minimum atomic E-state index is -5.21. The van der Waals surface area contributed by atoms with E-state index in [1.54, 1.807) is 18.2 Å². The number of ether oxygens (including phenoxy) is 3. The Bertz CT molecular complexity index is 1620. The predicted molar refractivity (Wildman–Crippen MR) is 246 cm³/mol. The molecule has 7 atom stereocenters. The average molecular weight is 959 g/mol. The highest BCUT2D eigenvalue weighted by atomic mass is 31.2. The van der Waals surface area contributed by atoms with Gasteiger partial charge in [0.15, 0.2) is 16.6 Å². The van der Waals surface area contributed by atoms with Gasteiger partial charge in [-0.2, -0.15) is 26.3 Å². The molecule has 0 saturated carbocycles. The van der Waals surface area contributed by atoms with Crippen molar-refractivity contribution in [3.05, 3.63) is 60.3 Å². The van der Waals surface area contributed by atoms with Crippen molar-refractivity contribution in [1.82, 2.24) is 0 Å². The molecular formula is C46H77F6O8PSi2. The number of alkyl halides is 6. The third kappa shape index (κ3) is 21.6. The zero-order valence-electron chi connectivity index (χ0n) is 39.8. The van der Waals surface area contributed by atoms with Crippen LogP contribution in [0.1, 0.15) is 100 Å². The van der Waals surface area contributed by atoms with Gasteiger partial charge in [-0.05, 0) is 81.2 Å². The molecule has 63 heavy (non-hydrogen) atoms. The third-order valence-electron chi connectivity index (χ3n) is 12.3. The van der Waals surface area contributed by atoms with E-state index in [0.717, 1.165) is 24.0 Å². The number of aliphatic hydroxyl groups is 1. The number of carbonyl (C=O) groups excluding carboxylic acids is 1. The Morgan fingerprint density at radius 2 is 1.56 bits per heavy atom. The van der Waals surface area contributed by atoms with Gasteiger partial charge in [0.2, 0.25) is 0 Å². The molecule has 8 nitrogen and oxygen atoms in total. The van der Waals surface area contributed by atoms with Crippen LogP contribution < -0.4 is 0 Å². The molecule has 364 valence electrons. The fourth-order valence-corrected chi connectivity index (χ4v) is 11.8. The lowest BCUT2D eigenvalue weighted by atomic mass is 9.91. The number of rotatable bonds is 23. The first-order chi connectivity index (χ1) is 28.6. The van der Waals surface area contributed by atoms with Crippen LogP contribution in [0.15, 0.2) is 60.3 Å². The maximum atomic E-state index is 13.6. The van der Waals surface area contributed by atoms with Crippen molar-refractivity contribution in [1.29, 1.82) is 0 Å². The first-order valence-corrected chi connectivity index (χ1v) is 30.2. The van der Waals surface area contributed by atoms with Gasteiger partial charge in [0.25, 0.3) is 0 Å². The summed E-state index contributed by atoms with van der Waals surface area (Å²) in [5, 5.41) is 8.88. The number of hydrogen-bond acceptors (Lipinski definition) is 8. The summed E-state index contributed by atoms with van der Waals surface area (Å²) in [5.74, 6) is -1.21. The second kappa shape index (κ2) is 23.8. The van der Waals surface area contributed by atoms with Crippen molar-refractivity contribution in [2.45, 2.75) is 186 Å². The Kier molecular flexibility index (Phi) is 21.6. The maximum Gasteiger partial charge on any atom is 0.395 e. The van der Waals surface area contributed by atoms with Crippen LogP contribution in [0.4, 0.5) is 26.3 Å². The lowest BCUT2D eigenvalue weighted by Gasteiger charge is -2.40. The SMILES string of the molecule is C=C(CC(C)CC1CC=CC(CCO)O1)CC(C=CCC(OC(=O)CP(=O)(CC(F)(F)F)CC(F)(F)F)C(C=CC1CC(C)=CCO1)O[Si](C)(C)C(C)(C)C)O[Si](C)(C)C(C)(C)C. The van der Waals surface area contributed by atoms with Crippen molar-refractivity contribution in [2.24, 2.45) is 5.92 Å². The first kappa shape index (κ1) is 57.3. The summed E-state index contributed by atoms with van der Waals surface area (Å²) >= 11 is 0. The molecule has 2 heterocycles. The average Bonchev–Trinajstić information content (AvgIpc) is 3.06. The minimum Gasteiger partial charge on any atom is -0.459 e. The van der Waals surface area contributed by atoms with Gasteiger partial charge in [-0.1, -0.05) is 109 Å². The fourth-order valence-electron chi connectivity index (χ4n) is 7.03. The summed E-state index contributed by atoms with van der Waals surface area (Å²) in [7, 11) is -10.3. The van der Waals surface area contributed by atoms with E-state index in [2.05, 4.69) is 53.4 Å². The largest absolute Gasteiger partial charge is 0.459 e. The van der Waals surface area contributed by atoms with Gasteiger partial charge < -0.3 is 32.7 Å². The van der Waals surface area contributed by atoms with E-state index in [1.165, 1.54) is 0 Å². The quantitative estimate of drug-likeness (QED) is 0.0355. The van der Waals surface area contributed by atoms with Crippen molar-refractivity contribution >= 4 is 29.7 Å². The van der Waals surface area contributed by atoms with Crippen LogP contribution in [0.2, 0.25) is 36.3 Å². The molecular weight excluding hydrogens is 882 g/mol. The van der Waals surface area contributed by atoms with Crippen LogP contribution in [-0.2, 0) is 32.4 Å². The van der Waals surface area contributed by atoms with E-state index >= 15 is 0 Å². The molecule has 0 aromatic carbocycles. The molecule has 0 aromatic rings. The molecule has 2 aliphatic heterocycles. The van der Waals surface area contributed by atoms with Crippen LogP contribution in [0, 0.1) is 5.92 Å². The van der Waals surface area contributed by atoms with Crippen molar-refractivity contribution in [3.8, 4) is 0 Å². The third-order valence-corrected chi connectivity index (χ3v) is 24.0. The zero-order chi connectivity index (χ0) is 48.2.